The molecule has 0 aliphatic carbocycles. The van der Waals surface area contributed by atoms with Gasteiger partial charge in [-0.3, -0.25) is 0 Å². The van der Waals surface area contributed by atoms with Crippen LogP contribution in [0.1, 0.15) is 18.2 Å². The first kappa shape index (κ1) is 16.8. The average molecular weight is 432 g/mol. The molecular weight excluding hydrogens is 413 g/mol. The Morgan fingerprint density at radius 1 is 0.958 bits per heavy atom. The Kier molecular flexibility index (Phi) is 5.04. The van der Waals surface area contributed by atoms with Crippen molar-refractivity contribution in [3.63, 3.8) is 0 Å². The molecule has 1 aromatic heterocycles. The van der Waals surface area contributed by atoms with Crippen LogP contribution >= 0.6 is 24.0 Å². The molecule has 0 N–H and O–H groups in total. The number of nitrogens with zero attached hydrogens (tertiary/aromatic N) is 1. The second-order valence-electron chi connectivity index (χ2n) is 5.51. The highest BCUT2D eigenvalue weighted by Crippen LogP contribution is 2.32. The van der Waals surface area contributed by atoms with Crippen molar-refractivity contribution in [2.75, 3.05) is 6.79 Å². The molecule has 0 spiro atoms. The first-order valence-electron chi connectivity index (χ1n) is 7.84. The summed E-state index contributed by atoms with van der Waals surface area (Å²) in [7, 11) is 0. The summed E-state index contributed by atoms with van der Waals surface area (Å²) in [6.45, 7) is 3.41. The predicted octanol–water partition coefficient (Wildman–Crippen LogP) is 4.66. The molecule has 122 valence electrons. The molecule has 3 nitrogen and oxygen atoms in total. The summed E-state index contributed by atoms with van der Waals surface area (Å²) >= 11 is 0. The summed E-state index contributed by atoms with van der Waals surface area (Å²) in [5.41, 5.74) is 3.54. The maximum atomic E-state index is 5.43. The number of ether oxygens (including phenoxy) is 2. The van der Waals surface area contributed by atoms with Gasteiger partial charge in [0.1, 0.15) is 6.54 Å². The van der Waals surface area contributed by atoms with Gasteiger partial charge in [-0.15, -0.1) is 24.0 Å². The number of benzene rings is 2. The standard InChI is InChI=1S/C20H18NO2.HI/c1-2-21-17(11-9-16-5-3-4-6-18(16)21)10-7-15-8-12-19-20(13-15)23-14-22-19;/h3-13H,2,14H2,1H3;1H/q+1;/b10-7-;. The van der Waals surface area contributed by atoms with Crippen LogP contribution in [0.4, 0.5) is 0 Å². The maximum absolute atomic E-state index is 5.43. The Balaban J connectivity index is 0.00000169. The highest BCUT2D eigenvalue weighted by Gasteiger charge is 2.13. The van der Waals surface area contributed by atoms with E-state index >= 15 is 0 Å². The smallest absolute Gasteiger partial charge is 0.231 e. The van der Waals surface area contributed by atoms with E-state index in [9.17, 15) is 0 Å². The largest absolute Gasteiger partial charge is 0.454 e. The van der Waals surface area contributed by atoms with Gasteiger partial charge in [0.15, 0.2) is 11.5 Å². The van der Waals surface area contributed by atoms with Gasteiger partial charge in [0, 0.05) is 23.6 Å². The van der Waals surface area contributed by atoms with E-state index in [-0.39, 0.29) is 24.0 Å². The van der Waals surface area contributed by atoms with Crippen molar-refractivity contribution in [2.24, 2.45) is 0 Å². The van der Waals surface area contributed by atoms with Gasteiger partial charge in [-0.25, -0.2) is 0 Å². The first-order chi connectivity index (χ1) is 11.3. The number of halogens is 1. The van der Waals surface area contributed by atoms with Crippen LogP contribution in [0.25, 0.3) is 23.1 Å². The quantitative estimate of drug-likeness (QED) is 0.444. The second kappa shape index (κ2) is 7.21. The summed E-state index contributed by atoms with van der Waals surface area (Å²) < 4.78 is 13.1. The number of aryl methyl sites for hydroxylation is 1. The summed E-state index contributed by atoms with van der Waals surface area (Å²) in [5, 5.41) is 1.26. The molecule has 0 amide bonds. The molecule has 3 aromatic rings. The van der Waals surface area contributed by atoms with Crippen molar-refractivity contribution in [3.8, 4) is 11.5 Å². The zero-order valence-electron chi connectivity index (χ0n) is 13.4. The van der Waals surface area contributed by atoms with Gasteiger partial charge < -0.3 is 9.47 Å². The number of aromatic nitrogens is 1. The lowest BCUT2D eigenvalue weighted by atomic mass is 10.1. The number of fused-ring (bicyclic) bond motifs is 2. The summed E-state index contributed by atoms with van der Waals surface area (Å²) in [5.74, 6) is 1.63. The number of hydrogen-bond donors (Lipinski definition) is 0. The van der Waals surface area contributed by atoms with Crippen LogP contribution in [0.2, 0.25) is 0 Å². The molecule has 0 saturated carbocycles. The van der Waals surface area contributed by atoms with E-state index < -0.39 is 0 Å². The van der Waals surface area contributed by atoms with E-state index in [1.807, 2.05) is 18.2 Å². The van der Waals surface area contributed by atoms with Gasteiger partial charge in [-0.2, -0.15) is 4.57 Å². The minimum atomic E-state index is 0. The van der Waals surface area contributed by atoms with E-state index in [4.69, 9.17) is 9.47 Å². The lowest BCUT2D eigenvalue weighted by Crippen LogP contribution is -2.36. The second-order valence-corrected chi connectivity index (χ2v) is 5.51. The molecule has 4 heteroatoms. The molecule has 0 radical (unpaired) electrons. The predicted molar refractivity (Wildman–Crippen MR) is 107 cm³/mol. The van der Waals surface area contributed by atoms with E-state index in [1.165, 1.54) is 16.6 Å². The topological polar surface area (TPSA) is 22.3 Å². The molecular formula is C20H19INO2+. The monoisotopic (exact) mass is 432 g/mol. The SMILES string of the molecule is CC[n+]1c(/C=C\c2ccc3c(c2)OCO3)ccc2ccccc21.I. The van der Waals surface area contributed by atoms with Crippen molar-refractivity contribution in [3.05, 3.63) is 65.9 Å². The Hall–Kier alpha value is -2.08. The maximum Gasteiger partial charge on any atom is 0.231 e. The fraction of sp³-hybridized carbons (Fsp3) is 0.150. The zero-order valence-corrected chi connectivity index (χ0v) is 15.8. The van der Waals surface area contributed by atoms with Gasteiger partial charge in [0.25, 0.3) is 0 Å². The van der Waals surface area contributed by atoms with Crippen LogP contribution in [0.15, 0.2) is 54.6 Å². The van der Waals surface area contributed by atoms with Crippen molar-refractivity contribution < 1.29 is 14.0 Å². The van der Waals surface area contributed by atoms with Crippen LogP contribution in [-0.4, -0.2) is 6.79 Å². The third kappa shape index (κ3) is 3.11. The molecule has 4 rings (SSSR count). The molecule has 2 aromatic carbocycles. The first-order valence-corrected chi connectivity index (χ1v) is 7.84. The minimum absolute atomic E-state index is 0. The Bertz CT molecular complexity index is 905. The molecule has 24 heavy (non-hydrogen) atoms. The Morgan fingerprint density at radius 3 is 2.67 bits per heavy atom. The van der Waals surface area contributed by atoms with Gasteiger partial charge in [0.05, 0.1) is 0 Å². The molecule has 0 bridgehead atoms. The van der Waals surface area contributed by atoms with Crippen LogP contribution in [0.3, 0.4) is 0 Å². The Labute approximate surface area is 158 Å². The van der Waals surface area contributed by atoms with Gasteiger partial charge in [-0.05, 0) is 42.8 Å². The highest BCUT2D eigenvalue weighted by atomic mass is 127. The summed E-state index contributed by atoms with van der Waals surface area (Å²) in [6, 6.07) is 18.8. The third-order valence-electron chi connectivity index (χ3n) is 4.13. The number of para-hydroxylation sites is 1. The minimum Gasteiger partial charge on any atom is -0.454 e. The van der Waals surface area contributed by atoms with Crippen LogP contribution in [0.5, 0.6) is 11.5 Å². The third-order valence-corrected chi connectivity index (χ3v) is 4.13. The van der Waals surface area contributed by atoms with Gasteiger partial charge >= 0.3 is 0 Å². The van der Waals surface area contributed by atoms with Crippen molar-refractivity contribution in [2.45, 2.75) is 13.5 Å². The van der Waals surface area contributed by atoms with E-state index in [1.54, 1.807) is 0 Å². The fourth-order valence-corrected chi connectivity index (χ4v) is 2.98. The number of hydrogen-bond acceptors (Lipinski definition) is 2. The fourth-order valence-electron chi connectivity index (χ4n) is 2.98. The van der Waals surface area contributed by atoms with Crippen molar-refractivity contribution >= 4 is 47.0 Å². The van der Waals surface area contributed by atoms with Crippen LogP contribution in [0, 0.1) is 0 Å². The average Bonchev–Trinajstić information content (AvgIpc) is 3.07. The molecule has 0 saturated heterocycles. The number of rotatable bonds is 3. The number of pyridine rings is 1. The van der Waals surface area contributed by atoms with Crippen molar-refractivity contribution in [1.29, 1.82) is 0 Å². The molecule has 2 heterocycles. The molecule has 0 fully saturated rings. The van der Waals surface area contributed by atoms with E-state index in [0.717, 1.165) is 23.6 Å². The molecule has 0 unspecified atom stereocenters. The van der Waals surface area contributed by atoms with Crippen LogP contribution < -0.4 is 14.0 Å². The van der Waals surface area contributed by atoms with Crippen molar-refractivity contribution in [1.82, 2.24) is 0 Å². The van der Waals surface area contributed by atoms with Gasteiger partial charge in [-0.1, -0.05) is 18.2 Å². The highest BCUT2D eigenvalue weighted by molar-refractivity contribution is 14.0. The summed E-state index contributed by atoms with van der Waals surface area (Å²) in [6.07, 6.45) is 4.26. The Morgan fingerprint density at radius 2 is 1.79 bits per heavy atom. The van der Waals surface area contributed by atoms with E-state index in [0.29, 0.717) is 6.79 Å². The molecule has 1 aliphatic heterocycles. The summed E-state index contributed by atoms with van der Waals surface area (Å²) in [4.78, 5) is 0. The normalized spacial score (nSPS) is 12.5. The lowest BCUT2D eigenvalue weighted by Gasteiger charge is -2.03. The lowest BCUT2D eigenvalue weighted by molar-refractivity contribution is -0.669. The molecule has 0 atom stereocenters. The molecule has 1 aliphatic rings. The van der Waals surface area contributed by atoms with E-state index in [2.05, 4.69) is 60.0 Å². The van der Waals surface area contributed by atoms with Gasteiger partial charge in [0.2, 0.25) is 18.0 Å². The zero-order chi connectivity index (χ0) is 15.6. The van der Waals surface area contributed by atoms with Crippen LogP contribution in [-0.2, 0) is 6.54 Å².